The Hall–Kier alpha value is -1.57. The van der Waals surface area contributed by atoms with Crippen molar-refractivity contribution in [3.63, 3.8) is 0 Å². The predicted molar refractivity (Wildman–Crippen MR) is 58.0 cm³/mol. The summed E-state index contributed by atoms with van der Waals surface area (Å²) in [6.45, 7) is 2.12. The van der Waals surface area contributed by atoms with Gasteiger partial charge in [0.2, 0.25) is 0 Å². The van der Waals surface area contributed by atoms with E-state index in [-0.39, 0.29) is 0 Å². The van der Waals surface area contributed by atoms with E-state index in [0.29, 0.717) is 12.1 Å². The standard InChI is InChI=1S/C12H12N2/c1-9-5-6-11-10(8-9)13-12-4-2-3-7-14(11)12/h2-8,10-11H,1H3. The van der Waals surface area contributed by atoms with Crippen molar-refractivity contribution < 1.29 is 0 Å². The fraction of sp³-hybridized carbons (Fsp3) is 0.250. The van der Waals surface area contributed by atoms with Crippen LogP contribution < -0.4 is 0 Å². The minimum atomic E-state index is 0.308. The monoisotopic (exact) mass is 184 g/mol. The second-order valence-electron chi connectivity index (χ2n) is 3.85. The molecule has 14 heavy (non-hydrogen) atoms. The fourth-order valence-electron chi connectivity index (χ4n) is 2.12. The minimum absolute atomic E-state index is 0.308. The van der Waals surface area contributed by atoms with Gasteiger partial charge in [-0.2, -0.15) is 0 Å². The van der Waals surface area contributed by atoms with Crippen LogP contribution in [0.2, 0.25) is 0 Å². The van der Waals surface area contributed by atoms with Gasteiger partial charge in [0.05, 0.1) is 12.1 Å². The normalized spacial score (nSPS) is 32.5. The van der Waals surface area contributed by atoms with E-state index in [1.54, 1.807) is 0 Å². The summed E-state index contributed by atoms with van der Waals surface area (Å²) in [5.74, 6) is 1.08. The molecule has 2 aliphatic heterocycles. The molecule has 0 saturated carbocycles. The summed E-state index contributed by atoms with van der Waals surface area (Å²) >= 11 is 0. The Kier molecular flexibility index (Phi) is 1.51. The van der Waals surface area contributed by atoms with Crippen molar-refractivity contribution in [3.05, 3.63) is 48.2 Å². The molecule has 2 nitrogen and oxygen atoms in total. The lowest BCUT2D eigenvalue weighted by atomic mass is 9.99. The molecular formula is C12H12N2. The predicted octanol–water partition coefficient (Wildman–Crippen LogP) is 2.04. The van der Waals surface area contributed by atoms with Gasteiger partial charge in [-0.1, -0.05) is 29.9 Å². The molecule has 70 valence electrons. The zero-order chi connectivity index (χ0) is 9.54. The van der Waals surface area contributed by atoms with Gasteiger partial charge in [-0.15, -0.1) is 0 Å². The van der Waals surface area contributed by atoms with Crippen LogP contribution in [0.15, 0.2) is 53.2 Å². The molecule has 0 N–H and O–H groups in total. The Morgan fingerprint density at radius 2 is 2.21 bits per heavy atom. The van der Waals surface area contributed by atoms with Crippen molar-refractivity contribution >= 4 is 5.84 Å². The van der Waals surface area contributed by atoms with Crippen LogP contribution in [-0.4, -0.2) is 22.8 Å². The van der Waals surface area contributed by atoms with E-state index in [9.17, 15) is 0 Å². The van der Waals surface area contributed by atoms with Gasteiger partial charge in [0.25, 0.3) is 0 Å². The van der Waals surface area contributed by atoms with E-state index in [2.05, 4.69) is 53.4 Å². The molecule has 3 aliphatic rings. The maximum absolute atomic E-state index is 4.66. The van der Waals surface area contributed by atoms with Gasteiger partial charge in [-0.05, 0) is 19.1 Å². The first-order valence-electron chi connectivity index (χ1n) is 4.92. The molecule has 0 bridgehead atoms. The largest absolute Gasteiger partial charge is 0.324 e. The first kappa shape index (κ1) is 7.80. The van der Waals surface area contributed by atoms with Crippen LogP contribution >= 0.6 is 0 Å². The second-order valence-corrected chi connectivity index (χ2v) is 3.85. The van der Waals surface area contributed by atoms with E-state index < -0.39 is 0 Å². The summed E-state index contributed by atoms with van der Waals surface area (Å²) in [5.41, 5.74) is 1.31. The molecule has 1 aliphatic carbocycles. The van der Waals surface area contributed by atoms with Crippen LogP contribution in [0.4, 0.5) is 0 Å². The van der Waals surface area contributed by atoms with Gasteiger partial charge in [0.15, 0.2) is 0 Å². The summed E-state index contributed by atoms with van der Waals surface area (Å²) in [4.78, 5) is 6.89. The van der Waals surface area contributed by atoms with Crippen molar-refractivity contribution in [1.29, 1.82) is 0 Å². The van der Waals surface area contributed by atoms with Gasteiger partial charge >= 0.3 is 0 Å². The third-order valence-electron chi connectivity index (χ3n) is 2.81. The number of hydrogen-bond acceptors (Lipinski definition) is 2. The minimum Gasteiger partial charge on any atom is -0.324 e. The van der Waals surface area contributed by atoms with Crippen molar-refractivity contribution in [2.45, 2.75) is 19.0 Å². The van der Waals surface area contributed by atoms with E-state index in [1.807, 2.05) is 6.08 Å². The molecule has 0 saturated heterocycles. The number of amidine groups is 1. The highest BCUT2D eigenvalue weighted by molar-refractivity contribution is 5.97. The smallest absolute Gasteiger partial charge is 0.128 e. The molecule has 0 amide bonds. The van der Waals surface area contributed by atoms with Crippen LogP contribution in [0.1, 0.15) is 6.92 Å². The van der Waals surface area contributed by atoms with Crippen molar-refractivity contribution in [3.8, 4) is 0 Å². The van der Waals surface area contributed by atoms with Gasteiger partial charge in [-0.3, -0.25) is 4.99 Å². The maximum atomic E-state index is 4.66. The molecule has 0 aromatic heterocycles. The van der Waals surface area contributed by atoms with Crippen LogP contribution in [0, 0.1) is 0 Å². The summed E-state index contributed by atoms with van der Waals surface area (Å²) in [6.07, 6.45) is 14.9. The summed E-state index contributed by atoms with van der Waals surface area (Å²) < 4.78 is 0. The molecule has 0 spiro atoms. The van der Waals surface area contributed by atoms with E-state index in [1.165, 1.54) is 5.57 Å². The first-order chi connectivity index (χ1) is 6.84. The van der Waals surface area contributed by atoms with E-state index >= 15 is 0 Å². The van der Waals surface area contributed by atoms with Gasteiger partial charge in [0.1, 0.15) is 5.84 Å². The van der Waals surface area contributed by atoms with Gasteiger partial charge in [-0.25, -0.2) is 0 Å². The first-order valence-corrected chi connectivity index (χ1v) is 4.92. The number of fused-ring (bicyclic) bond motifs is 3. The molecule has 0 radical (unpaired) electrons. The lowest BCUT2D eigenvalue weighted by Crippen LogP contribution is -2.34. The third kappa shape index (κ3) is 1.00. The number of rotatable bonds is 0. The Morgan fingerprint density at radius 1 is 1.29 bits per heavy atom. The molecule has 3 rings (SSSR count). The Balaban J connectivity index is 2.01. The van der Waals surface area contributed by atoms with E-state index in [4.69, 9.17) is 0 Å². The molecule has 2 atom stereocenters. The van der Waals surface area contributed by atoms with Gasteiger partial charge < -0.3 is 4.90 Å². The highest BCUT2D eigenvalue weighted by atomic mass is 15.3. The Labute approximate surface area is 83.6 Å². The van der Waals surface area contributed by atoms with Crippen molar-refractivity contribution in [1.82, 2.24) is 4.90 Å². The van der Waals surface area contributed by atoms with Crippen molar-refractivity contribution in [2.24, 2.45) is 4.99 Å². The molecule has 2 heterocycles. The van der Waals surface area contributed by atoms with E-state index in [0.717, 1.165) is 5.84 Å². The van der Waals surface area contributed by atoms with Crippen LogP contribution in [0.25, 0.3) is 0 Å². The van der Waals surface area contributed by atoms with Crippen LogP contribution in [0.5, 0.6) is 0 Å². The average molecular weight is 184 g/mol. The molecular weight excluding hydrogens is 172 g/mol. The Morgan fingerprint density at radius 3 is 3.14 bits per heavy atom. The number of nitrogens with zero attached hydrogens (tertiary/aromatic N) is 2. The molecule has 0 fully saturated rings. The summed E-state index contributed by atoms with van der Waals surface area (Å²) in [6, 6.07) is 0.706. The fourth-order valence-corrected chi connectivity index (χ4v) is 2.12. The van der Waals surface area contributed by atoms with Crippen molar-refractivity contribution in [2.75, 3.05) is 0 Å². The summed E-state index contributed by atoms with van der Waals surface area (Å²) in [5, 5.41) is 0. The average Bonchev–Trinajstić information content (AvgIpc) is 2.54. The maximum Gasteiger partial charge on any atom is 0.128 e. The summed E-state index contributed by atoms with van der Waals surface area (Å²) in [7, 11) is 0. The topological polar surface area (TPSA) is 15.6 Å². The molecule has 2 heteroatoms. The number of allylic oxidation sites excluding steroid dienone is 4. The van der Waals surface area contributed by atoms with Crippen LogP contribution in [-0.2, 0) is 0 Å². The Bertz CT molecular complexity index is 410. The lowest BCUT2D eigenvalue weighted by molar-refractivity contribution is 0.475. The molecule has 0 aromatic carbocycles. The zero-order valence-corrected chi connectivity index (χ0v) is 8.09. The highest BCUT2D eigenvalue weighted by Gasteiger charge is 2.32. The number of aliphatic imine (C=N–C) groups is 1. The SMILES string of the molecule is CC1=CC2N=C3C=CC=CN3C2C=C1. The van der Waals surface area contributed by atoms with Gasteiger partial charge in [0, 0.05) is 6.20 Å². The lowest BCUT2D eigenvalue weighted by Gasteiger charge is -2.26. The quantitative estimate of drug-likeness (QED) is 0.562. The number of hydrogen-bond donors (Lipinski definition) is 0. The van der Waals surface area contributed by atoms with Crippen LogP contribution in [0.3, 0.4) is 0 Å². The highest BCUT2D eigenvalue weighted by Crippen LogP contribution is 2.27. The third-order valence-corrected chi connectivity index (χ3v) is 2.81. The molecule has 2 unspecified atom stereocenters. The molecule has 0 aromatic rings. The second kappa shape index (κ2) is 2.71. The zero-order valence-electron chi connectivity index (χ0n) is 8.09.